The molecular formula is C10H18LiNO5. The van der Waals surface area contributed by atoms with Gasteiger partial charge in [-0.1, -0.05) is 0 Å². The number of alkyl carbamates (subject to hydrolysis) is 1. The summed E-state index contributed by atoms with van der Waals surface area (Å²) in [6.45, 7) is 4.79. The molecular weight excluding hydrogens is 221 g/mol. The van der Waals surface area contributed by atoms with Crippen LogP contribution in [0.25, 0.3) is 0 Å². The van der Waals surface area contributed by atoms with Crippen molar-refractivity contribution < 1.29 is 43.4 Å². The van der Waals surface area contributed by atoms with Crippen LogP contribution in [0.15, 0.2) is 0 Å². The molecule has 0 aromatic rings. The molecule has 0 radical (unpaired) electrons. The third-order valence-corrected chi connectivity index (χ3v) is 1.64. The van der Waals surface area contributed by atoms with Gasteiger partial charge in [0.15, 0.2) is 0 Å². The molecule has 7 heteroatoms. The van der Waals surface area contributed by atoms with E-state index in [1.807, 2.05) is 0 Å². The van der Waals surface area contributed by atoms with Crippen molar-refractivity contribution in [2.24, 2.45) is 0 Å². The summed E-state index contributed by atoms with van der Waals surface area (Å²) >= 11 is 0. The van der Waals surface area contributed by atoms with Gasteiger partial charge in [-0.3, -0.25) is 0 Å². The SMILES string of the molecule is CC(C)(C)OC(=O)N[C@@H](CO)CCC(=O)[O-].[Li+]. The van der Waals surface area contributed by atoms with Gasteiger partial charge in [0.2, 0.25) is 0 Å². The van der Waals surface area contributed by atoms with Gasteiger partial charge in [-0.2, -0.15) is 0 Å². The normalized spacial score (nSPS) is 12.2. The summed E-state index contributed by atoms with van der Waals surface area (Å²) < 4.78 is 4.95. The Morgan fingerprint density at radius 1 is 1.41 bits per heavy atom. The number of aliphatic carboxylic acids is 1. The molecule has 0 unspecified atom stereocenters. The molecule has 17 heavy (non-hydrogen) atoms. The summed E-state index contributed by atoms with van der Waals surface area (Å²) in [5, 5.41) is 21.5. The van der Waals surface area contributed by atoms with Crippen molar-refractivity contribution in [3.63, 3.8) is 0 Å². The zero-order valence-corrected chi connectivity index (χ0v) is 10.8. The standard InChI is InChI=1S/C10H19NO5.Li/c1-10(2,3)16-9(15)11-7(6-12)4-5-8(13)14;/h7,12H,4-6H2,1-3H3,(H,11,15)(H,13,14);/q;+1/p-1/t7-;/m1./s1. The summed E-state index contributed by atoms with van der Waals surface area (Å²) in [6.07, 6.45) is -0.788. The molecule has 0 heterocycles. The van der Waals surface area contributed by atoms with Gasteiger partial charge >= 0.3 is 25.0 Å². The quantitative estimate of drug-likeness (QED) is 0.483. The first-order valence-corrected chi connectivity index (χ1v) is 5.05. The van der Waals surface area contributed by atoms with Crippen LogP contribution < -0.4 is 29.3 Å². The van der Waals surface area contributed by atoms with Crippen LogP contribution in [0.2, 0.25) is 0 Å². The molecule has 94 valence electrons. The molecule has 0 aliphatic heterocycles. The summed E-state index contributed by atoms with van der Waals surface area (Å²) in [5.74, 6) is -1.22. The van der Waals surface area contributed by atoms with E-state index < -0.39 is 23.7 Å². The van der Waals surface area contributed by atoms with Crippen molar-refractivity contribution in [3.05, 3.63) is 0 Å². The molecule has 0 saturated carbocycles. The molecule has 0 aliphatic carbocycles. The van der Waals surface area contributed by atoms with Crippen molar-refractivity contribution in [1.29, 1.82) is 0 Å². The van der Waals surface area contributed by atoms with Gasteiger partial charge in [0.05, 0.1) is 12.6 Å². The monoisotopic (exact) mass is 239 g/mol. The number of carbonyl (C=O) groups is 2. The fraction of sp³-hybridized carbons (Fsp3) is 0.800. The van der Waals surface area contributed by atoms with E-state index in [1.165, 1.54) is 0 Å². The molecule has 1 atom stereocenters. The molecule has 0 aromatic heterocycles. The second-order valence-electron chi connectivity index (χ2n) is 4.44. The van der Waals surface area contributed by atoms with E-state index in [0.717, 1.165) is 0 Å². The minimum atomic E-state index is -1.22. The van der Waals surface area contributed by atoms with Crippen LogP contribution in [-0.4, -0.2) is 35.4 Å². The van der Waals surface area contributed by atoms with Crippen LogP contribution in [0.3, 0.4) is 0 Å². The fourth-order valence-corrected chi connectivity index (χ4v) is 0.975. The predicted molar refractivity (Wildman–Crippen MR) is 54.5 cm³/mol. The molecule has 0 aromatic carbocycles. The first-order valence-electron chi connectivity index (χ1n) is 5.05. The molecule has 0 rings (SSSR count). The first kappa shape index (κ1) is 18.7. The number of carboxylic acids is 1. The number of aliphatic hydroxyl groups is 1. The smallest absolute Gasteiger partial charge is 0.550 e. The average molecular weight is 239 g/mol. The zero-order chi connectivity index (χ0) is 12.8. The Morgan fingerprint density at radius 3 is 2.29 bits per heavy atom. The van der Waals surface area contributed by atoms with E-state index in [2.05, 4.69) is 5.32 Å². The maximum Gasteiger partial charge on any atom is 1.00 e. The molecule has 0 saturated heterocycles. The van der Waals surface area contributed by atoms with E-state index in [-0.39, 0.29) is 38.3 Å². The second kappa shape index (κ2) is 8.40. The molecule has 0 fully saturated rings. The topological polar surface area (TPSA) is 98.7 Å². The average Bonchev–Trinajstić information content (AvgIpc) is 2.08. The predicted octanol–water partition coefficient (Wildman–Crippen LogP) is -3.59. The van der Waals surface area contributed by atoms with Crippen molar-refractivity contribution >= 4 is 12.1 Å². The maximum absolute atomic E-state index is 11.3. The van der Waals surface area contributed by atoms with Gasteiger partial charge in [0.1, 0.15) is 5.60 Å². The van der Waals surface area contributed by atoms with Crippen molar-refractivity contribution in [3.8, 4) is 0 Å². The number of carbonyl (C=O) groups excluding carboxylic acids is 2. The van der Waals surface area contributed by atoms with Crippen molar-refractivity contribution in [2.75, 3.05) is 6.61 Å². The number of carboxylic acid groups (broad SMARTS) is 1. The van der Waals surface area contributed by atoms with Gasteiger partial charge in [0.25, 0.3) is 0 Å². The Balaban J connectivity index is 0. The largest absolute Gasteiger partial charge is 1.00 e. The van der Waals surface area contributed by atoms with Crippen molar-refractivity contribution in [1.82, 2.24) is 5.32 Å². The fourth-order valence-electron chi connectivity index (χ4n) is 0.975. The molecule has 0 bridgehead atoms. The van der Waals surface area contributed by atoms with Gasteiger partial charge < -0.3 is 25.1 Å². The van der Waals surface area contributed by atoms with E-state index in [1.54, 1.807) is 20.8 Å². The van der Waals surface area contributed by atoms with Crippen LogP contribution in [0.1, 0.15) is 33.6 Å². The third-order valence-electron chi connectivity index (χ3n) is 1.64. The summed E-state index contributed by atoms with van der Waals surface area (Å²) in [5.41, 5.74) is -0.627. The Labute approximate surface area is 113 Å². The third kappa shape index (κ3) is 11.6. The van der Waals surface area contributed by atoms with Crippen LogP contribution in [0.5, 0.6) is 0 Å². The number of rotatable bonds is 5. The first-order chi connectivity index (χ1) is 7.24. The Bertz CT molecular complexity index is 252. The molecule has 6 nitrogen and oxygen atoms in total. The van der Waals surface area contributed by atoms with Gasteiger partial charge in [-0.15, -0.1) is 0 Å². The molecule has 0 aliphatic rings. The van der Waals surface area contributed by atoms with Gasteiger partial charge in [0, 0.05) is 5.97 Å². The minimum Gasteiger partial charge on any atom is -0.550 e. The zero-order valence-electron chi connectivity index (χ0n) is 10.8. The minimum absolute atomic E-state index is 0. The van der Waals surface area contributed by atoms with E-state index >= 15 is 0 Å². The van der Waals surface area contributed by atoms with Crippen LogP contribution >= 0.6 is 0 Å². The summed E-state index contributed by atoms with van der Waals surface area (Å²) in [7, 11) is 0. The molecule has 2 N–H and O–H groups in total. The number of ether oxygens (including phenoxy) is 1. The van der Waals surface area contributed by atoms with E-state index in [0.29, 0.717) is 0 Å². The van der Waals surface area contributed by atoms with Gasteiger partial charge in [-0.05, 0) is 33.6 Å². The number of nitrogens with one attached hydrogen (secondary N) is 1. The van der Waals surface area contributed by atoms with Crippen LogP contribution in [0.4, 0.5) is 4.79 Å². The Kier molecular flexibility index (Phi) is 9.22. The van der Waals surface area contributed by atoms with Crippen LogP contribution in [0, 0.1) is 0 Å². The second-order valence-corrected chi connectivity index (χ2v) is 4.44. The van der Waals surface area contributed by atoms with E-state index in [4.69, 9.17) is 9.84 Å². The van der Waals surface area contributed by atoms with Gasteiger partial charge in [-0.25, -0.2) is 4.79 Å². The summed E-state index contributed by atoms with van der Waals surface area (Å²) in [6, 6.07) is -0.632. The van der Waals surface area contributed by atoms with E-state index in [9.17, 15) is 14.7 Å². The number of amides is 1. The maximum atomic E-state index is 11.3. The number of hydrogen-bond acceptors (Lipinski definition) is 5. The Hall–Kier alpha value is -0.703. The number of aliphatic hydroxyl groups excluding tert-OH is 1. The molecule has 0 spiro atoms. The Morgan fingerprint density at radius 2 is 1.94 bits per heavy atom. The number of hydrogen-bond donors (Lipinski definition) is 2. The summed E-state index contributed by atoms with van der Waals surface area (Å²) in [4.78, 5) is 21.5. The van der Waals surface area contributed by atoms with Crippen LogP contribution in [-0.2, 0) is 9.53 Å². The van der Waals surface area contributed by atoms with Crippen molar-refractivity contribution in [2.45, 2.75) is 45.3 Å². The molecule has 1 amide bonds.